The Bertz CT molecular complexity index is 1150. The van der Waals surface area contributed by atoms with E-state index in [1.807, 2.05) is 36.4 Å². The molecular weight excluding hydrogens is 426 g/mol. The lowest BCUT2D eigenvalue weighted by Gasteiger charge is -2.31. The highest BCUT2D eigenvalue weighted by Gasteiger charge is 2.18. The first kappa shape index (κ1) is 22.1. The summed E-state index contributed by atoms with van der Waals surface area (Å²) in [5.74, 6) is -0.144. The minimum atomic E-state index is -0.179. The fraction of sp³-hybridized carbons (Fsp3) is 0.280. The second-order valence-electron chi connectivity index (χ2n) is 7.86. The maximum atomic E-state index is 13.2. The van der Waals surface area contributed by atoms with Crippen LogP contribution < -0.4 is 10.5 Å². The third-order valence-electron chi connectivity index (χ3n) is 5.63. The minimum Gasteiger partial charge on any atom is -0.378 e. The smallest absolute Gasteiger partial charge is 0.255 e. The molecule has 0 N–H and O–H groups in total. The minimum absolute atomic E-state index is 0.144. The largest absolute Gasteiger partial charge is 0.378 e. The third kappa shape index (κ3) is 5.03. The standard InChI is InChI=1S/C25H26ClN3O3/c1-27(16-20-7-3-5-9-23(20)28-12-14-32-15-13-28)25(31)21-10-11-24(30)29(18-21)17-19-6-2-4-8-22(19)26/h2-11,18H,12-17H2,1H3. The van der Waals surface area contributed by atoms with Crippen LogP contribution in [0.1, 0.15) is 21.5 Å². The van der Waals surface area contributed by atoms with Crippen molar-refractivity contribution in [3.8, 4) is 0 Å². The molecule has 0 radical (unpaired) electrons. The van der Waals surface area contributed by atoms with E-state index >= 15 is 0 Å². The summed E-state index contributed by atoms with van der Waals surface area (Å²) in [7, 11) is 1.78. The number of rotatable bonds is 6. The lowest BCUT2D eigenvalue weighted by molar-refractivity contribution is 0.0784. The molecule has 3 aromatic rings. The Balaban J connectivity index is 1.53. The molecule has 1 amide bonds. The van der Waals surface area contributed by atoms with Gasteiger partial charge in [-0.3, -0.25) is 9.59 Å². The number of pyridine rings is 1. The van der Waals surface area contributed by atoms with Gasteiger partial charge in [-0.05, 0) is 29.3 Å². The summed E-state index contributed by atoms with van der Waals surface area (Å²) in [5, 5.41) is 0.591. The van der Waals surface area contributed by atoms with Gasteiger partial charge in [0.05, 0.1) is 25.3 Å². The van der Waals surface area contributed by atoms with E-state index in [9.17, 15) is 9.59 Å². The normalized spacial score (nSPS) is 13.8. The molecule has 166 valence electrons. The van der Waals surface area contributed by atoms with Gasteiger partial charge in [0.1, 0.15) is 0 Å². The molecule has 4 rings (SSSR count). The maximum Gasteiger partial charge on any atom is 0.255 e. The summed E-state index contributed by atoms with van der Waals surface area (Å²) in [4.78, 5) is 29.5. The van der Waals surface area contributed by atoms with Crippen LogP contribution in [-0.4, -0.2) is 48.7 Å². The molecule has 2 heterocycles. The van der Waals surface area contributed by atoms with Crippen molar-refractivity contribution in [1.82, 2.24) is 9.47 Å². The van der Waals surface area contributed by atoms with Gasteiger partial charge in [0.15, 0.2) is 0 Å². The Labute approximate surface area is 192 Å². The van der Waals surface area contributed by atoms with Crippen molar-refractivity contribution in [2.24, 2.45) is 0 Å². The van der Waals surface area contributed by atoms with Gasteiger partial charge >= 0.3 is 0 Å². The molecule has 7 heteroatoms. The topological polar surface area (TPSA) is 54.8 Å². The van der Waals surface area contributed by atoms with Gasteiger partial charge < -0.3 is 19.1 Å². The number of aromatic nitrogens is 1. The Morgan fingerprint density at radius 1 is 1.00 bits per heavy atom. The second-order valence-corrected chi connectivity index (χ2v) is 8.27. The third-order valence-corrected chi connectivity index (χ3v) is 6.00. The predicted molar refractivity (Wildman–Crippen MR) is 127 cm³/mol. The number of benzene rings is 2. The van der Waals surface area contributed by atoms with Crippen LogP contribution in [0.4, 0.5) is 5.69 Å². The zero-order valence-corrected chi connectivity index (χ0v) is 18.8. The summed E-state index contributed by atoms with van der Waals surface area (Å²) in [5.41, 5.74) is 3.31. The average Bonchev–Trinajstić information content (AvgIpc) is 2.82. The van der Waals surface area contributed by atoms with Gasteiger partial charge in [0.2, 0.25) is 0 Å². The second kappa shape index (κ2) is 10.0. The van der Waals surface area contributed by atoms with Crippen molar-refractivity contribution in [3.63, 3.8) is 0 Å². The molecule has 0 aliphatic carbocycles. The molecule has 0 bridgehead atoms. The molecule has 6 nitrogen and oxygen atoms in total. The molecule has 32 heavy (non-hydrogen) atoms. The molecule has 0 saturated carbocycles. The van der Waals surface area contributed by atoms with Gasteiger partial charge in [-0.2, -0.15) is 0 Å². The summed E-state index contributed by atoms with van der Waals surface area (Å²) in [6.07, 6.45) is 1.61. The Morgan fingerprint density at radius 3 is 2.44 bits per heavy atom. The summed E-state index contributed by atoms with van der Waals surface area (Å²) >= 11 is 6.25. The molecule has 1 aromatic heterocycles. The first-order valence-corrected chi connectivity index (χ1v) is 11.0. The summed E-state index contributed by atoms with van der Waals surface area (Å²) in [6, 6.07) is 18.5. The summed E-state index contributed by atoms with van der Waals surface area (Å²) < 4.78 is 6.98. The van der Waals surface area contributed by atoms with Crippen molar-refractivity contribution >= 4 is 23.2 Å². The first-order chi connectivity index (χ1) is 15.5. The number of ether oxygens (including phenoxy) is 1. The highest BCUT2D eigenvalue weighted by molar-refractivity contribution is 6.31. The van der Waals surface area contributed by atoms with Gasteiger partial charge in [-0.1, -0.05) is 48.0 Å². The first-order valence-electron chi connectivity index (χ1n) is 10.6. The summed E-state index contributed by atoms with van der Waals surface area (Å²) in [6.45, 7) is 3.86. The number of carbonyl (C=O) groups excluding carboxylic acids is 1. The van der Waals surface area contributed by atoms with E-state index in [1.54, 1.807) is 30.3 Å². The zero-order chi connectivity index (χ0) is 22.5. The highest BCUT2D eigenvalue weighted by atomic mass is 35.5. The van der Waals surface area contributed by atoms with Crippen LogP contribution in [0.25, 0.3) is 0 Å². The molecule has 1 aliphatic heterocycles. The lowest BCUT2D eigenvalue weighted by Crippen LogP contribution is -2.37. The average molecular weight is 452 g/mol. The van der Waals surface area contributed by atoms with Crippen LogP contribution in [0.2, 0.25) is 5.02 Å². The van der Waals surface area contributed by atoms with E-state index in [4.69, 9.17) is 16.3 Å². The monoisotopic (exact) mass is 451 g/mol. The molecule has 1 fully saturated rings. The Kier molecular flexibility index (Phi) is 6.93. The van der Waals surface area contributed by atoms with Crippen LogP contribution >= 0.6 is 11.6 Å². The number of nitrogens with zero attached hydrogens (tertiary/aromatic N) is 3. The zero-order valence-electron chi connectivity index (χ0n) is 18.0. The van der Waals surface area contributed by atoms with Crippen LogP contribution in [0, 0.1) is 0 Å². The van der Waals surface area contributed by atoms with Crippen molar-refractivity contribution in [2.75, 3.05) is 38.3 Å². The van der Waals surface area contributed by atoms with Crippen molar-refractivity contribution in [3.05, 3.63) is 98.9 Å². The number of carbonyl (C=O) groups is 1. The van der Waals surface area contributed by atoms with Crippen LogP contribution in [0.5, 0.6) is 0 Å². The van der Waals surface area contributed by atoms with Gasteiger partial charge in [0, 0.05) is 49.7 Å². The van der Waals surface area contributed by atoms with E-state index in [1.165, 1.54) is 10.6 Å². The molecule has 0 unspecified atom stereocenters. The number of para-hydroxylation sites is 1. The van der Waals surface area contributed by atoms with Crippen molar-refractivity contribution < 1.29 is 9.53 Å². The number of anilines is 1. The SMILES string of the molecule is CN(Cc1ccccc1N1CCOCC1)C(=O)c1ccc(=O)n(Cc2ccccc2Cl)c1. The number of hydrogen-bond acceptors (Lipinski definition) is 4. The van der Waals surface area contributed by atoms with Gasteiger partial charge in [-0.15, -0.1) is 0 Å². The van der Waals surface area contributed by atoms with Crippen LogP contribution in [0.3, 0.4) is 0 Å². The van der Waals surface area contributed by atoms with E-state index in [0.29, 0.717) is 36.9 Å². The number of halogens is 1. The van der Waals surface area contributed by atoms with E-state index in [0.717, 1.165) is 29.9 Å². The van der Waals surface area contributed by atoms with Crippen molar-refractivity contribution in [2.45, 2.75) is 13.1 Å². The number of morpholine rings is 1. The molecule has 2 aromatic carbocycles. The fourth-order valence-corrected chi connectivity index (χ4v) is 4.09. The van der Waals surface area contributed by atoms with Crippen molar-refractivity contribution in [1.29, 1.82) is 0 Å². The molecule has 0 atom stereocenters. The maximum absolute atomic E-state index is 13.2. The van der Waals surface area contributed by atoms with Gasteiger partial charge in [-0.25, -0.2) is 0 Å². The molecule has 0 spiro atoms. The Morgan fingerprint density at radius 2 is 1.69 bits per heavy atom. The molecule has 1 aliphatic rings. The van der Waals surface area contributed by atoms with Gasteiger partial charge in [0.25, 0.3) is 11.5 Å². The quantitative estimate of drug-likeness (QED) is 0.574. The van der Waals surface area contributed by atoms with E-state index in [-0.39, 0.29) is 11.5 Å². The molecule has 1 saturated heterocycles. The lowest BCUT2D eigenvalue weighted by atomic mass is 10.1. The van der Waals surface area contributed by atoms with E-state index < -0.39 is 0 Å². The number of hydrogen-bond donors (Lipinski definition) is 0. The predicted octanol–water partition coefficient (Wildman–Crippen LogP) is 3.66. The van der Waals surface area contributed by atoms with Crippen LogP contribution in [0.15, 0.2) is 71.7 Å². The van der Waals surface area contributed by atoms with Crippen LogP contribution in [-0.2, 0) is 17.8 Å². The fourth-order valence-electron chi connectivity index (χ4n) is 3.90. The molecular formula is C25H26ClN3O3. The van der Waals surface area contributed by atoms with E-state index in [2.05, 4.69) is 11.0 Å². The highest BCUT2D eigenvalue weighted by Crippen LogP contribution is 2.23. The Hall–Kier alpha value is -3.09. The number of amides is 1.